The fourth-order valence-corrected chi connectivity index (χ4v) is 1.73. The van der Waals surface area contributed by atoms with E-state index in [4.69, 9.17) is 5.21 Å². The Kier molecular flexibility index (Phi) is 6.66. The molecule has 0 saturated heterocycles. The summed E-state index contributed by atoms with van der Waals surface area (Å²) in [6.07, 6.45) is -8.13. The lowest BCUT2D eigenvalue weighted by Crippen LogP contribution is -2.61. The van der Waals surface area contributed by atoms with Gasteiger partial charge in [-0.25, -0.2) is 14.3 Å². The van der Waals surface area contributed by atoms with E-state index in [1.165, 1.54) is 0 Å². The molecule has 0 bridgehead atoms. The number of halogens is 5. The first-order valence-electron chi connectivity index (χ1n) is 6.83. The molecule has 1 rings (SSSR count). The Labute approximate surface area is 144 Å². The van der Waals surface area contributed by atoms with Crippen molar-refractivity contribution in [3.05, 3.63) is 35.4 Å². The minimum atomic E-state index is -4.69. The number of hydrogen-bond acceptors (Lipinski definition) is 4. The number of nitrogens with one attached hydrogen (secondary N) is 2. The van der Waals surface area contributed by atoms with Crippen molar-refractivity contribution in [3.8, 4) is 11.8 Å². The molecule has 2 amide bonds. The molecule has 4 N–H and O–H groups in total. The number of benzene rings is 1. The van der Waals surface area contributed by atoms with E-state index in [9.17, 15) is 36.6 Å². The summed E-state index contributed by atoms with van der Waals surface area (Å²) in [6, 6.07) is 2.02. The summed E-state index contributed by atoms with van der Waals surface area (Å²) in [7, 11) is 0. The molecule has 1 aromatic rings. The molecule has 142 valence electrons. The summed E-state index contributed by atoms with van der Waals surface area (Å²) in [6.45, 7) is 0.577. The summed E-state index contributed by atoms with van der Waals surface area (Å²) < 4.78 is 61.7. The van der Waals surface area contributed by atoms with E-state index in [1.807, 2.05) is 11.2 Å². The van der Waals surface area contributed by atoms with Gasteiger partial charge in [0.05, 0.1) is 0 Å². The summed E-state index contributed by atoms with van der Waals surface area (Å²) in [5.41, 5.74) is -2.22. The molecule has 0 aliphatic rings. The second-order valence-corrected chi connectivity index (χ2v) is 5.23. The van der Waals surface area contributed by atoms with Gasteiger partial charge in [-0.3, -0.25) is 14.8 Å². The minimum Gasteiger partial charge on any atom is -0.381 e. The van der Waals surface area contributed by atoms with Crippen molar-refractivity contribution in [1.82, 2.24) is 10.8 Å². The topological polar surface area (TPSA) is 98.7 Å². The van der Waals surface area contributed by atoms with Gasteiger partial charge < -0.3 is 10.4 Å². The summed E-state index contributed by atoms with van der Waals surface area (Å²) in [5, 5.41) is 20.1. The van der Waals surface area contributed by atoms with Crippen molar-refractivity contribution in [2.24, 2.45) is 0 Å². The van der Waals surface area contributed by atoms with Crippen LogP contribution in [0, 0.1) is 11.8 Å². The SMILES string of the molecule is CC(O)(C(F)F)[C@H](NC(=O)c1ccc(C#CC(F)(F)F)cc1)C(=O)NO. The van der Waals surface area contributed by atoms with E-state index in [0.717, 1.165) is 35.7 Å². The zero-order valence-electron chi connectivity index (χ0n) is 13.1. The van der Waals surface area contributed by atoms with Gasteiger partial charge in [0.1, 0.15) is 6.04 Å². The highest BCUT2D eigenvalue weighted by Crippen LogP contribution is 2.20. The molecule has 2 atom stereocenters. The summed E-state index contributed by atoms with van der Waals surface area (Å²) >= 11 is 0. The van der Waals surface area contributed by atoms with Gasteiger partial charge in [-0.15, -0.1) is 0 Å². The predicted octanol–water partition coefficient (Wildman–Crippen LogP) is 1.22. The van der Waals surface area contributed by atoms with Gasteiger partial charge in [0.15, 0.2) is 5.60 Å². The zero-order valence-corrected chi connectivity index (χ0v) is 13.1. The monoisotopic (exact) mass is 380 g/mol. The van der Waals surface area contributed by atoms with Crippen molar-refractivity contribution in [3.63, 3.8) is 0 Å². The maximum absolute atomic E-state index is 12.9. The quantitative estimate of drug-likeness (QED) is 0.267. The molecule has 0 fully saturated rings. The van der Waals surface area contributed by atoms with Crippen molar-refractivity contribution in [1.29, 1.82) is 0 Å². The molecular weight excluding hydrogens is 367 g/mol. The molecular formula is C15H13F5N2O4. The predicted molar refractivity (Wildman–Crippen MR) is 77.2 cm³/mol. The number of carbonyl (C=O) groups excluding carboxylic acids is 2. The fourth-order valence-electron chi connectivity index (χ4n) is 1.73. The average molecular weight is 380 g/mol. The van der Waals surface area contributed by atoms with Gasteiger partial charge in [0, 0.05) is 17.0 Å². The smallest absolute Gasteiger partial charge is 0.381 e. The van der Waals surface area contributed by atoms with Crippen molar-refractivity contribution in [2.75, 3.05) is 0 Å². The van der Waals surface area contributed by atoms with Crippen LogP contribution in [0.5, 0.6) is 0 Å². The van der Waals surface area contributed by atoms with Crippen LogP contribution in [0.4, 0.5) is 22.0 Å². The van der Waals surface area contributed by atoms with Gasteiger partial charge in [0.2, 0.25) is 0 Å². The Hall–Kier alpha value is -2.71. The lowest BCUT2D eigenvalue weighted by molar-refractivity contribution is -0.149. The van der Waals surface area contributed by atoms with Crippen LogP contribution in [0.3, 0.4) is 0 Å². The molecule has 0 aliphatic heterocycles. The summed E-state index contributed by atoms with van der Waals surface area (Å²) in [4.78, 5) is 23.5. The highest BCUT2D eigenvalue weighted by molar-refractivity contribution is 5.97. The van der Waals surface area contributed by atoms with E-state index in [1.54, 1.807) is 0 Å². The molecule has 26 heavy (non-hydrogen) atoms. The number of hydroxylamine groups is 1. The highest BCUT2D eigenvalue weighted by atomic mass is 19.4. The molecule has 11 heteroatoms. The first-order valence-corrected chi connectivity index (χ1v) is 6.83. The third kappa shape index (κ3) is 5.68. The maximum atomic E-state index is 12.9. The fraction of sp³-hybridized carbons (Fsp3) is 0.333. The van der Waals surface area contributed by atoms with Gasteiger partial charge in [0.25, 0.3) is 18.2 Å². The Balaban J connectivity index is 3.00. The first kappa shape index (κ1) is 21.3. The standard InChI is InChI=1S/C15H13F5N2O4/c1-14(25,13(16)17)10(12(24)22-26)21-11(23)9-4-2-8(3-5-9)6-7-15(18,19)20/h2-5,10,13,25-26H,1H3,(H,21,23)(H,22,24)/t10-,14?/m1/s1. The van der Waals surface area contributed by atoms with Crippen LogP contribution in [0.2, 0.25) is 0 Å². The van der Waals surface area contributed by atoms with Gasteiger partial charge >= 0.3 is 6.18 Å². The Bertz CT molecular complexity index is 720. The van der Waals surface area contributed by atoms with E-state index >= 15 is 0 Å². The Morgan fingerprint density at radius 2 is 1.69 bits per heavy atom. The third-order valence-electron chi connectivity index (χ3n) is 3.17. The first-order chi connectivity index (χ1) is 11.9. The van der Waals surface area contributed by atoms with Crippen LogP contribution in [0.1, 0.15) is 22.8 Å². The van der Waals surface area contributed by atoms with Crippen molar-refractivity contribution < 1.29 is 41.9 Å². The molecule has 0 aliphatic carbocycles. The van der Waals surface area contributed by atoms with Gasteiger partial charge in [-0.05, 0) is 31.2 Å². The maximum Gasteiger partial charge on any atom is 0.458 e. The van der Waals surface area contributed by atoms with Crippen LogP contribution in [-0.4, -0.2) is 46.4 Å². The van der Waals surface area contributed by atoms with Crippen molar-refractivity contribution >= 4 is 11.8 Å². The van der Waals surface area contributed by atoms with E-state index in [0.29, 0.717) is 6.92 Å². The Morgan fingerprint density at radius 1 is 1.15 bits per heavy atom. The highest BCUT2D eigenvalue weighted by Gasteiger charge is 2.46. The lowest BCUT2D eigenvalue weighted by atomic mass is 9.95. The molecule has 1 aromatic carbocycles. The molecule has 0 saturated carbocycles. The number of carbonyl (C=O) groups is 2. The van der Waals surface area contributed by atoms with Crippen molar-refractivity contribution in [2.45, 2.75) is 31.2 Å². The molecule has 0 aromatic heterocycles. The number of alkyl halides is 5. The van der Waals surface area contributed by atoms with Crippen LogP contribution in [0.15, 0.2) is 24.3 Å². The van der Waals surface area contributed by atoms with Crippen LogP contribution >= 0.6 is 0 Å². The largest absolute Gasteiger partial charge is 0.458 e. The summed E-state index contributed by atoms with van der Waals surface area (Å²) in [5.74, 6) is 0.264. The Morgan fingerprint density at radius 3 is 2.12 bits per heavy atom. The second kappa shape index (κ2) is 8.11. The number of rotatable bonds is 5. The van der Waals surface area contributed by atoms with Crippen LogP contribution < -0.4 is 10.8 Å². The van der Waals surface area contributed by atoms with Crippen LogP contribution in [0.25, 0.3) is 0 Å². The molecule has 1 unspecified atom stereocenters. The van der Waals surface area contributed by atoms with Gasteiger partial charge in [-0.2, -0.15) is 13.2 Å². The third-order valence-corrected chi connectivity index (χ3v) is 3.17. The molecule has 0 radical (unpaired) electrons. The van der Waals surface area contributed by atoms with E-state index < -0.39 is 36.1 Å². The zero-order chi connectivity index (χ0) is 20.1. The van der Waals surface area contributed by atoms with E-state index in [-0.39, 0.29) is 11.1 Å². The number of amides is 2. The van der Waals surface area contributed by atoms with Crippen LogP contribution in [-0.2, 0) is 4.79 Å². The normalized spacial score (nSPS) is 14.7. The molecule has 0 heterocycles. The average Bonchev–Trinajstić information content (AvgIpc) is 2.56. The minimum absolute atomic E-state index is 0.0666. The lowest BCUT2D eigenvalue weighted by Gasteiger charge is -2.30. The van der Waals surface area contributed by atoms with E-state index in [2.05, 4.69) is 0 Å². The molecule has 6 nitrogen and oxygen atoms in total. The second-order valence-electron chi connectivity index (χ2n) is 5.23. The molecule has 0 spiro atoms. The number of aliphatic hydroxyl groups is 1. The van der Waals surface area contributed by atoms with Gasteiger partial charge in [-0.1, -0.05) is 5.92 Å². The number of hydrogen-bond donors (Lipinski definition) is 4.